The van der Waals surface area contributed by atoms with Crippen LogP contribution in [0.4, 0.5) is 0 Å². The van der Waals surface area contributed by atoms with Crippen molar-refractivity contribution in [1.82, 2.24) is 6.15 Å². The number of amides is 1. The summed E-state index contributed by atoms with van der Waals surface area (Å²) in [6.07, 6.45) is 0.334. The Balaban J connectivity index is 0.000001000. The smallest absolute Gasteiger partial charge is 0.221 e. The molecule has 3 nitrogen and oxygen atoms in total. The Labute approximate surface area is 65.8 Å². The van der Waals surface area contributed by atoms with Crippen molar-refractivity contribution in [2.24, 2.45) is 5.73 Å². The molecule has 0 atom stereocenters. The van der Waals surface area contributed by atoms with Crippen LogP contribution in [0, 0.1) is 0 Å². The number of nitrogens with two attached hydrogens (primary N) is 1. The van der Waals surface area contributed by atoms with Gasteiger partial charge in [0.05, 0.1) is 6.42 Å². The lowest BCUT2D eigenvalue weighted by molar-refractivity contribution is -0.117. The van der Waals surface area contributed by atoms with Crippen LogP contribution in [-0.4, -0.2) is 5.91 Å². The molecule has 60 valence electrons. The highest BCUT2D eigenvalue weighted by molar-refractivity contribution is 5.76. The fourth-order valence-electron chi connectivity index (χ4n) is 0.797. The molecule has 0 heterocycles. The van der Waals surface area contributed by atoms with E-state index in [1.54, 1.807) is 0 Å². The molecular weight excluding hydrogens is 140 g/mol. The highest BCUT2D eigenvalue weighted by Gasteiger charge is 1.94. The van der Waals surface area contributed by atoms with Crippen molar-refractivity contribution in [3.63, 3.8) is 0 Å². The van der Waals surface area contributed by atoms with E-state index in [0.717, 1.165) is 5.56 Å². The highest BCUT2D eigenvalue weighted by Crippen LogP contribution is 1.97. The van der Waals surface area contributed by atoms with Crippen molar-refractivity contribution < 1.29 is 4.79 Å². The van der Waals surface area contributed by atoms with Crippen molar-refractivity contribution in [2.45, 2.75) is 6.42 Å². The van der Waals surface area contributed by atoms with Crippen molar-refractivity contribution in [3.8, 4) is 0 Å². The minimum Gasteiger partial charge on any atom is -0.369 e. The predicted molar refractivity (Wildman–Crippen MR) is 44.4 cm³/mol. The summed E-state index contributed by atoms with van der Waals surface area (Å²) in [5.41, 5.74) is 5.95. The second-order valence-electron chi connectivity index (χ2n) is 2.13. The van der Waals surface area contributed by atoms with Crippen molar-refractivity contribution in [2.75, 3.05) is 0 Å². The summed E-state index contributed by atoms with van der Waals surface area (Å²) in [5.74, 6) is -0.286. The van der Waals surface area contributed by atoms with Crippen LogP contribution in [0.15, 0.2) is 30.3 Å². The number of rotatable bonds is 2. The average molecular weight is 152 g/mol. The number of carbonyl (C=O) groups excluding carboxylic acids is 1. The number of benzene rings is 1. The third-order valence-corrected chi connectivity index (χ3v) is 1.22. The van der Waals surface area contributed by atoms with Crippen LogP contribution < -0.4 is 11.9 Å². The van der Waals surface area contributed by atoms with Crippen LogP contribution in [-0.2, 0) is 11.2 Å². The van der Waals surface area contributed by atoms with Crippen LogP contribution in [0.5, 0.6) is 0 Å². The summed E-state index contributed by atoms with van der Waals surface area (Å²) in [7, 11) is 0. The van der Waals surface area contributed by atoms with Gasteiger partial charge in [-0.3, -0.25) is 4.79 Å². The van der Waals surface area contributed by atoms with Gasteiger partial charge in [-0.05, 0) is 5.56 Å². The van der Waals surface area contributed by atoms with Gasteiger partial charge in [0, 0.05) is 0 Å². The molecule has 0 fully saturated rings. The van der Waals surface area contributed by atoms with Crippen molar-refractivity contribution in [1.29, 1.82) is 0 Å². The highest BCUT2D eigenvalue weighted by atomic mass is 16.1. The van der Waals surface area contributed by atoms with E-state index in [2.05, 4.69) is 0 Å². The summed E-state index contributed by atoms with van der Waals surface area (Å²) in [4.78, 5) is 10.4. The molecule has 11 heavy (non-hydrogen) atoms. The van der Waals surface area contributed by atoms with E-state index >= 15 is 0 Å². The van der Waals surface area contributed by atoms with E-state index < -0.39 is 0 Å². The van der Waals surface area contributed by atoms with E-state index in [0.29, 0.717) is 6.42 Å². The van der Waals surface area contributed by atoms with Gasteiger partial charge in [0.1, 0.15) is 0 Å². The van der Waals surface area contributed by atoms with Crippen molar-refractivity contribution in [3.05, 3.63) is 35.9 Å². The maximum Gasteiger partial charge on any atom is 0.221 e. The Kier molecular flexibility index (Phi) is 3.92. The first-order valence-corrected chi connectivity index (χ1v) is 3.11. The fourth-order valence-corrected chi connectivity index (χ4v) is 0.797. The molecule has 0 radical (unpaired) electrons. The van der Waals surface area contributed by atoms with E-state index in [4.69, 9.17) is 5.73 Å². The van der Waals surface area contributed by atoms with Gasteiger partial charge in [-0.1, -0.05) is 30.3 Å². The lowest BCUT2D eigenvalue weighted by Crippen LogP contribution is -2.13. The monoisotopic (exact) mass is 152 g/mol. The second-order valence-corrected chi connectivity index (χ2v) is 2.13. The van der Waals surface area contributed by atoms with Gasteiger partial charge in [-0.25, -0.2) is 0 Å². The maximum absolute atomic E-state index is 10.4. The van der Waals surface area contributed by atoms with E-state index in [1.807, 2.05) is 30.3 Å². The van der Waals surface area contributed by atoms with Crippen molar-refractivity contribution >= 4 is 5.91 Å². The largest absolute Gasteiger partial charge is 0.369 e. The van der Waals surface area contributed by atoms with Gasteiger partial charge < -0.3 is 11.9 Å². The average Bonchev–Trinajstić information content (AvgIpc) is 1.88. The zero-order valence-electron chi connectivity index (χ0n) is 6.29. The normalized spacial score (nSPS) is 8.36. The zero-order chi connectivity index (χ0) is 7.40. The molecule has 1 aromatic rings. The summed E-state index contributed by atoms with van der Waals surface area (Å²) >= 11 is 0. The Bertz CT molecular complexity index is 221. The SMILES string of the molecule is N.NC(=O)Cc1ccccc1. The lowest BCUT2D eigenvalue weighted by atomic mass is 10.1. The number of primary amides is 1. The molecule has 0 bridgehead atoms. The van der Waals surface area contributed by atoms with Crippen LogP contribution in [0.1, 0.15) is 5.56 Å². The fraction of sp³-hybridized carbons (Fsp3) is 0.125. The maximum atomic E-state index is 10.4. The van der Waals surface area contributed by atoms with Gasteiger partial charge in [0.15, 0.2) is 0 Å². The lowest BCUT2D eigenvalue weighted by Gasteiger charge is -1.93. The molecule has 0 aliphatic heterocycles. The quantitative estimate of drug-likeness (QED) is 0.659. The molecule has 1 amide bonds. The van der Waals surface area contributed by atoms with Gasteiger partial charge in [-0.2, -0.15) is 0 Å². The first-order valence-electron chi connectivity index (χ1n) is 3.11. The molecule has 0 aromatic heterocycles. The Morgan fingerprint density at radius 2 is 1.82 bits per heavy atom. The number of hydrogen-bond acceptors (Lipinski definition) is 2. The first-order chi connectivity index (χ1) is 4.79. The molecule has 0 aliphatic rings. The van der Waals surface area contributed by atoms with Gasteiger partial charge in [0.25, 0.3) is 0 Å². The third-order valence-electron chi connectivity index (χ3n) is 1.22. The molecule has 0 unspecified atom stereocenters. The number of carbonyl (C=O) groups is 1. The molecule has 0 saturated heterocycles. The number of hydrogen-bond donors (Lipinski definition) is 2. The van der Waals surface area contributed by atoms with Crippen LogP contribution in [0.25, 0.3) is 0 Å². The summed E-state index contributed by atoms with van der Waals surface area (Å²) < 4.78 is 0. The summed E-state index contributed by atoms with van der Waals surface area (Å²) in [6, 6.07) is 9.44. The molecule has 0 aliphatic carbocycles. The molecule has 0 saturated carbocycles. The van der Waals surface area contributed by atoms with Gasteiger partial charge >= 0.3 is 0 Å². The molecule has 3 heteroatoms. The Morgan fingerprint density at radius 1 is 1.27 bits per heavy atom. The van der Waals surface area contributed by atoms with Crippen LogP contribution >= 0.6 is 0 Å². The first kappa shape index (κ1) is 9.65. The third kappa shape index (κ3) is 3.37. The summed E-state index contributed by atoms with van der Waals surface area (Å²) in [6.45, 7) is 0. The van der Waals surface area contributed by atoms with Crippen LogP contribution in [0.2, 0.25) is 0 Å². The second kappa shape index (κ2) is 4.46. The van der Waals surface area contributed by atoms with E-state index in [9.17, 15) is 4.79 Å². The Hall–Kier alpha value is -1.35. The molecule has 1 rings (SSSR count). The molecule has 1 aromatic carbocycles. The minimum absolute atomic E-state index is 0. The standard InChI is InChI=1S/C8H9NO.H3N/c9-8(10)6-7-4-2-1-3-5-7;/h1-5H,6H2,(H2,9,10);1H3. The molecule has 5 N–H and O–H groups in total. The molecule has 0 spiro atoms. The van der Waals surface area contributed by atoms with E-state index in [1.165, 1.54) is 0 Å². The van der Waals surface area contributed by atoms with Gasteiger partial charge in [-0.15, -0.1) is 0 Å². The zero-order valence-corrected chi connectivity index (χ0v) is 6.29. The molecular formula is C8H12N2O. The van der Waals surface area contributed by atoms with E-state index in [-0.39, 0.29) is 12.1 Å². The topological polar surface area (TPSA) is 78.1 Å². The van der Waals surface area contributed by atoms with Crippen LogP contribution in [0.3, 0.4) is 0 Å². The predicted octanol–water partition coefficient (Wildman–Crippen LogP) is 0.876. The Morgan fingerprint density at radius 3 is 2.27 bits per heavy atom. The minimum atomic E-state index is -0.286. The summed E-state index contributed by atoms with van der Waals surface area (Å²) in [5, 5.41) is 0. The van der Waals surface area contributed by atoms with Gasteiger partial charge in [0.2, 0.25) is 5.91 Å².